The van der Waals surface area contributed by atoms with Crippen molar-refractivity contribution < 1.29 is 23.1 Å². The van der Waals surface area contributed by atoms with E-state index in [0.29, 0.717) is 19.5 Å². The Kier molecular flexibility index (Phi) is 5.68. The Hall–Kier alpha value is -1.56. The molecule has 2 atom stereocenters. The smallest absolute Gasteiger partial charge is 0.396 e. The van der Waals surface area contributed by atoms with E-state index in [0.717, 1.165) is 30.5 Å². The van der Waals surface area contributed by atoms with Crippen LogP contribution in [0.3, 0.4) is 0 Å². The van der Waals surface area contributed by atoms with Crippen molar-refractivity contribution in [3.8, 4) is 0 Å². The number of likely N-dealkylation sites (tertiary alicyclic amines) is 1. The van der Waals surface area contributed by atoms with Crippen molar-refractivity contribution in [1.82, 2.24) is 4.90 Å². The van der Waals surface area contributed by atoms with Crippen LogP contribution in [0.2, 0.25) is 0 Å². The Bertz CT molecular complexity index is 528. The van der Waals surface area contributed by atoms with Crippen molar-refractivity contribution in [3.63, 3.8) is 0 Å². The quantitative estimate of drug-likeness (QED) is 0.922. The van der Waals surface area contributed by atoms with Crippen LogP contribution in [-0.2, 0) is 17.4 Å². The van der Waals surface area contributed by atoms with Crippen LogP contribution in [0, 0.1) is 11.8 Å². The molecule has 1 saturated heterocycles. The zero-order valence-corrected chi connectivity index (χ0v) is 13.1. The van der Waals surface area contributed by atoms with Crippen LogP contribution in [0.5, 0.6) is 0 Å². The average molecular weight is 329 g/mol. The van der Waals surface area contributed by atoms with E-state index in [1.807, 2.05) is 0 Å². The fraction of sp³-hybridized carbons (Fsp3) is 0.588. The van der Waals surface area contributed by atoms with Crippen LogP contribution in [0.25, 0.3) is 0 Å². The van der Waals surface area contributed by atoms with E-state index in [-0.39, 0.29) is 24.3 Å². The number of rotatable bonds is 4. The molecule has 6 heteroatoms. The van der Waals surface area contributed by atoms with Gasteiger partial charge in [-0.25, -0.2) is 0 Å². The van der Waals surface area contributed by atoms with Crippen LogP contribution >= 0.6 is 0 Å². The lowest BCUT2D eigenvalue weighted by atomic mass is 9.95. The van der Waals surface area contributed by atoms with Gasteiger partial charge in [0.2, 0.25) is 5.91 Å². The second-order valence-corrected chi connectivity index (χ2v) is 6.27. The Morgan fingerprint density at radius 1 is 1.35 bits per heavy atom. The van der Waals surface area contributed by atoms with Crippen LogP contribution < -0.4 is 0 Å². The average Bonchev–Trinajstić information content (AvgIpc) is 2.53. The number of benzene rings is 1. The summed E-state index contributed by atoms with van der Waals surface area (Å²) in [6.45, 7) is 3.12. The number of carbonyl (C=O) groups is 1. The van der Waals surface area contributed by atoms with Gasteiger partial charge >= 0.3 is 6.18 Å². The molecule has 0 radical (unpaired) electrons. The fourth-order valence-corrected chi connectivity index (χ4v) is 3.00. The van der Waals surface area contributed by atoms with E-state index in [1.54, 1.807) is 11.8 Å². The molecule has 128 valence electrons. The minimum atomic E-state index is -4.34. The molecule has 1 N–H and O–H groups in total. The standard InChI is InChI=1S/C17H22F3NO2/c1-12(16(23)21-8-2-3-14(10-21)11-22)9-13-4-6-15(7-5-13)17(18,19)20/h4-7,12,14,22H,2-3,8-11H2,1H3. The molecule has 1 aromatic rings. The minimum absolute atomic E-state index is 0.00282. The number of hydrogen-bond donors (Lipinski definition) is 1. The molecular weight excluding hydrogens is 307 g/mol. The maximum atomic E-state index is 12.5. The van der Waals surface area contributed by atoms with Gasteiger partial charge in [-0.15, -0.1) is 0 Å². The second kappa shape index (κ2) is 7.34. The van der Waals surface area contributed by atoms with Gasteiger partial charge in [0.1, 0.15) is 0 Å². The Balaban J connectivity index is 1.95. The van der Waals surface area contributed by atoms with E-state index in [9.17, 15) is 23.1 Å². The summed E-state index contributed by atoms with van der Waals surface area (Å²) >= 11 is 0. The van der Waals surface area contributed by atoms with Gasteiger partial charge in [0.05, 0.1) is 5.56 Å². The lowest BCUT2D eigenvalue weighted by Gasteiger charge is -2.33. The molecular formula is C17H22F3NO2. The molecule has 0 aliphatic carbocycles. The molecule has 1 aliphatic rings. The van der Waals surface area contributed by atoms with Gasteiger partial charge in [-0.1, -0.05) is 19.1 Å². The van der Waals surface area contributed by atoms with Crippen LogP contribution in [0.15, 0.2) is 24.3 Å². The lowest BCUT2D eigenvalue weighted by Crippen LogP contribution is -2.43. The number of alkyl halides is 3. The summed E-state index contributed by atoms with van der Waals surface area (Å²) in [7, 11) is 0. The molecule has 1 fully saturated rings. The number of nitrogens with zero attached hydrogens (tertiary/aromatic N) is 1. The van der Waals surface area contributed by atoms with Crippen LogP contribution in [0.4, 0.5) is 13.2 Å². The van der Waals surface area contributed by atoms with E-state index in [4.69, 9.17) is 0 Å². The van der Waals surface area contributed by atoms with E-state index >= 15 is 0 Å². The van der Waals surface area contributed by atoms with Gasteiger partial charge in [-0.05, 0) is 42.9 Å². The summed E-state index contributed by atoms with van der Waals surface area (Å²) < 4.78 is 37.6. The van der Waals surface area contributed by atoms with Gasteiger partial charge in [0.15, 0.2) is 0 Å². The third-order valence-electron chi connectivity index (χ3n) is 4.33. The highest BCUT2D eigenvalue weighted by Gasteiger charge is 2.30. The van der Waals surface area contributed by atoms with Gasteiger partial charge in [-0.3, -0.25) is 4.79 Å². The number of carbonyl (C=O) groups excluding carboxylic acids is 1. The largest absolute Gasteiger partial charge is 0.416 e. The summed E-state index contributed by atoms with van der Waals surface area (Å²) in [5.41, 5.74) is 0.0385. The molecule has 3 nitrogen and oxygen atoms in total. The first-order valence-electron chi connectivity index (χ1n) is 7.87. The fourth-order valence-electron chi connectivity index (χ4n) is 3.00. The van der Waals surface area contributed by atoms with Crippen molar-refractivity contribution in [3.05, 3.63) is 35.4 Å². The first kappa shape index (κ1) is 17.8. The molecule has 0 aromatic heterocycles. The van der Waals surface area contributed by atoms with E-state index < -0.39 is 11.7 Å². The Morgan fingerprint density at radius 3 is 2.57 bits per heavy atom. The molecule has 1 aromatic carbocycles. The van der Waals surface area contributed by atoms with Crippen molar-refractivity contribution in [2.75, 3.05) is 19.7 Å². The highest BCUT2D eigenvalue weighted by molar-refractivity contribution is 5.78. The molecule has 1 aliphatic heterocycles. The second-order valence-electron chi connectivity index (χ2n) is 6.27. The Morgan fingerprint density at radius 2 is 2.00 bits per heavy atom. The minimum Gasteiger partial charge on any atom is -0.396 e. The van der Waals surface area contributed by atoms with Crippen molar-refractivity contribution in [2.45, 2.75) is 32.4 Å². The third-order valence-corrected chi connectivity index (χ3v) is 4.33. The molecule has 1 heterocycles. The van der Waals surface area contributed by atoms with Crippen LogP contribution in [-0.4, -0.2) is 35.6 Å². The number of hydrogen-bond acceptors (Lipinski definition) is 2. The first-order chi connectivity index (χ1) is 10.8. The maximum absolute atomic E-state index is 12.5. The number of piperidine rings is 1. The number of aliphatic hydroxyl groups excluding tert-OH is 1. The van der Waals surface area contributed by atoms with E-state index in [1.165, 1.54) is 12.1 Å². The molecule has 0 spiro atoms. The summed E-state index contributed by atoms with van der Waals surface area (Å²) in [6, 6.07) is 4.96. The monoisotopic (exact) mass is 329 g/mol. The summed E-state index contributed by atoms with van der Waals surface area (Å²) in [5, 5.41) is 9.23. The Labute approximate surface area is 134 Å². The molecule has 2 rings (SSSR count). The van der Waals surface area contributed by atoms with Crippen molar-refractivity contribution in [2.24, 2.45) is 11.8 Å². The molecule has 23 heavy (non-hydrogen) atoms. The van der Waals surface area contributed by atoms with Crippen molar-refractivity contribution in [1.29, 1.82) is 0 Å². The lowest BCUT2D eigenvalue weighted by molar-refractivity contribution is -0.138. The number of aliphatic hydroxyl groups is 1. The van der Waals surface area contributed by atoms with Gasteiger partial charge in [-0.2, -0.15) is 13.2 Å². The molecule has 0 saturated carbocycles. The summed E-state index contributed by atoms with van der Waals surface area (Å²) in [6.07, 6.45) is -2.12. The van der Waals surface area contributed by atoms with Gasteiger partial charge in [0, 0.05) is 25.6 Å². The van der Waals surface area contributed by atoms with Gasteiger partial charge in [0.25, 0.3) is 0 Å². The highest BCUT2D eigenvalue weighted by atomic mass is 19.4. The normalized spacial score (nSPS) is 20.4. The number of amides is 1. The topological polar surface area (TPSA) is 40.5 Å². The summed E-state index contributed by atoms with van der Waals surface area (Å²) in [5.74, 6) is -0.154. The third kappa shape index (κ3) is 4.70. The van der Waals surface area contributed by atoms with Crippen LogP contribution in [0.1, 0.15) is 30.9 Å². The van der Waals surface area contributed by atoms with Crippen molar-refractivity contribution >= 4 is 5.91 Å². The molecule has 1 amide bonds. The highest BCUT2D eigenvalue weighted by Crippen LogP contribution is 2.29. The van der Waals surface area contributed by atoms with E-state index in [2.05, 4.69) is 0 Å². The SMILES string of the molecule is CC(Cc1ccc(C(F)(F)F)cc1)C(=O)N1CCCC(CO)C1. The predicted molar refractivity (Wildman–Crippen MR) is 80.7 cm³/mol. The summed E-state index contributed by atoms with van der Waals surface area (Å²) in [4.78, 5) is 14.2. The number of halogens is 3. The molecule has 2 unspecified atom stereocenters. The molecule has 0 bridgehead atoms. The predicted octanol–water partition coefficient (Wildman–Crippen LogP) is 3.11. The zero-order valence-electron chi connectivity index (χ0n) is 13.1. The zero-order chi connectivity index (χ0) is 17.0. The maximum Gasteiger partial charge on any atom is 0.416 e. The first-order valence-corrected chi connectivity index (χ1v) is 7.87. The van der Waals surface area contributed by atoms with Gasteiger partial charge < -0.3 is 10.0 Å².